The summed E-state index contributed by atoms with van der Waals surface area (Å²) in [5, 5.41) is 0. The Hall–Kier alpha value is -1.55. The molecule has 0 amide bonds. The van der Waals surface area contributed by atoms with Crippen molar-refractivity contribution in [3.05, 3.63) is 29.3 Å². The van der Waals surface area contributed by atoms with Crippen LogP contribution in [0.5, 0.6) is 5.75 Å². The Morgan fingerprint density at radius 1 is 1.25 bits per heavy atom. The molecule has 0 spiro atoms. The van der Waals surface area contributed by atoms with E-state index in [4.69, 9.17) is 15.2 Å². The minimum atomic E-state index is -0.943. The average Bonchev–Trinajstić information content (AvgIpc) is 2.34. The molecule has 2 N–H and O–H groups in total. The van der Waals surface area contributed by atoms with Crippen molar-refractivity contribution >= 4 is 5.97 Å². The highest BCUT2D eigenvalue weighted by molar-refractivity contribution is 5.79. The highest BCUT2D eigenvalue weighted by Gasteiger charge is 2.29. The van der Waals surface area contributed by atoms with Crippen molar-refractivity contribution in [2.75, 3.05) is 13.2 Å². The molecule has 4 nitrogen and oxygen atoms in total. The van der Waals surface area contributed by atoms with Gasteiger partial charge in [0.1, 0.15) is 11.3 Å². The highest BCUT2D eigenvalue weighted by Crippen LogP contribution is 2.17. The van der Waals surface area contributed by atoms with Crippen molar-refractivity contribution in [2.45, 2.75) is 46.1 Å². The Kier molecular flexibility index (Phi) is 6.02. The fraction of sp³-hybridized carbons (Fsp3) is 0.562. The SMILES string of the molecule is CCOC(=O)C(C)(N)CCCOc1cc(C)cc(C)c1. The van der Waals surface area contributed by atoms with Crippen LogP contribution in [-0.2, 0) is 9.53 Å². The fourth-order valence-corrected chi connectivity index (χ4v) is 2.04. The molecule has 1 atom stereocenters. The van der Waals surface area contributed by atoms with Gasteiger partial charge < -0.3 is 15.2 Å². The predicted octanol–water partition coefficient (Wildman–Crippen LogP) is 2.74. The van der Waals surface area contributed by atoms with E-state index in [9.17, 15) is 4.79 Å². The molecule has 1 aromatic carbocycles. The maximum absolute atomic E-state index is 11.6. The lowest BCUT2D eigenvalue weighted by Crippen LogP contribution is -2.46. The summed E-state index contributed by atoms with van der Waals surface area (Å²) in [5.74, 6) is 0.503. The Labute approximate surface area is 121 Å². The number of hydrogen-bond donors (Lipinski definition) is 1. The number of carbonyl (C=O) groups excluding carboxylic acids is 1. The van der Waals surface area contributed by atoms with E-state index in [1.54, 1.807) is 13.8 Å². The molecule has 0 bridgehead atoms. The number of carbonyl (C=O) groups is 1. The molecule has 0 fully saturated rings. The lowest BCUT2D eigenvalue weighted by molar-refractivity contribution is -0.149. The topological polar surface area (TPSA) is 61.5 Å². The molecular weight excluding hydrogens is 254 g/mol. The van der Waals surface area contributed by atoms with Crippen molar-refractivity contribution in [3.8, 4) is 5.75 Å². The van der Waals surface area contributed by atoms with Crippen LogP contribution in [0, 0.1) is 13.8 Å². The summed E-state index contributed by atoms with van der Waals surface area (Å²) in [5.41, 5.74) is 7.35. The van der Waals surface area contributed by atoms with Crippen molar-refractivity contribution in [1.82, 2.24) is 0 Å². The van der Waals surface area contributed by atoms with Crippen LogP contribution in [0.4, 0.5) is 0 Å². The number of ether oxygens (including phenoxy) is 2. The van der Waals surface area contributed by atoms with Gasteiger partial charge in [0.25, 0.3) is 0 Å². The Morgan fingerprint density at radius 2 is 1.85 bits per heavy atom. The van der Waals surface area contributed by atoms with Gasteiger partial charge in [-0.05, 0) is 63.8 Å². The lowest BCUT2D eigenvalue weighted by Gasteiger charge is -2.22. The molecular formula is C16H25NO3. The molecule has 0 heterocycles. The summed E-state index contributed by atoms with van der Waals surface area (Å²) in [6.07, 6.45) is 1.25. The van der Waals surface area contributed by atoms with Gasteiger partial charge in [0.2, 0.25) is 0 Å². The van der Waals surface area contributed by atoms with Gasteiger partial charge in [-0.2, -0.15) is 0 Å². The minimum Gasteiger partial charge on any atom is -0.494 e. The molecule has 4 heteroatoms. The first-order valence-electron chi connectivity index (χ1n) is 7.02. The molecule has 0 radical (unpaired) electrons. The van der Waals surface area contributed by atoms with Gasteiger partial charge >= 0.3 is 5.97 Å². The zero-order valence-electron chi connectivity index (χ0n) is 12.9. The van der Waals surface area contributed by atoms with Crippen molar-refractivity contribution < 1.29 is 14.3 Å². The monoisotopic (exact) mass is 279 g/mol. The van der Waals surface area contributed by atoms with Gasteiger partial charge in [-0.15, -0.1) is 0 Å². The summed E-state index contributed by atoms with van der Waals surface area (Å²) in [4.78, 5) is 11.6. The number of benzene rings is 1. The third kappa shape index (κ3) is 5.21. The van der Waals surface area contributed by atoms with Crippen LogP contribution < -0.4 is 10.5 Å². The van der Waals surface area contributed by atoms with E-state index in [2.05, 4.69) is 6.07 Å². The number of rotatable bonds is 7. The molecule has 1 unspecified atom stereocenters. The molecule has 0 aliphatic rings. The summed E-state index contributed by atoms with van der Waals surface area (Å²) in [6, 6.07) is 6.10. The minimum absolute atomic E-state index is 0.352. The molecule has 1 aromatic rings. The first kappa shape index (κ1) is 16.5. The number of hydrogen-bond acceptors (Lipinski definition) is 4. The van der Waals surface area contributed by atoms with Crippen molar-refractivity contribution in [2.24, 2.45) is 5.73 Å². The lowest BCUT2D eigenvalue weighted by atomic mass is 9.98. The van der Waals surface area contributed by atoms with Crippen molar-refractivity contribution in [1.29, 1.82) is 0 Å². The summed E-state index contributed by atoms with van der Waals surface area (Å²) >= 11 is 0. The second kappa shape index (κ2) is 7.29. The number of nitrogens with two attached hydrogens (primary N) is 1. The van der Waals surface area contributed by atoms with Gasteiger partial charge in [0, 0.05) is 0 Å². The van der Waals surface area contributed by atoms with Crippen LogP contribution in [0.2, 0.25) is 0 Å². The second-order valence-corrected chi connectivity index (χ2v) is 5.41. The summed E-state index contributed by atoms with van der Waals surface area (Å²) in [7, 11) is 0. The van der Waals surface area contributed by atoms with E-state index in [1.165, 1.54) is 11.1 Å². The highest BCUT2D eigenvalue weighted by atomic mass is 16.5. The molecule has 0 aromatic heterocycles. The van der Waals surface area contributed by atoms with Gasteiger partial charge in [0.05, 0.1) is 13.2 Å². The van der Waals surface area contributed by atoms with Crippen LogP contribution in [0.25, 0.3) is 0 Å². The van der Waals surface area contributed by atoms with E-state index in [0.717, 1.165) is 5.75 Å². The Morgan fingerprint density at radius 3 is 2.40 bits per heavy atom. The summed E-state index contributed by atoms with van der Waals surface area (Å²) in [6.45, 7) is 8.44. The van der Waals surface area contributed by atoms with E-state index in [0.29, 0.717) is 26.1 Å². The third-order valence-electron chi connectivity index (χ3n) is 3.05. The van der Waals surface area contributed by atoms with Crippen molar-refractivity contribution in [3.63, 3.8) is 0 Å². The van der Waals surface area contributed by atoms with Crippen LogP contribution in [0.1, 0.15) is 37.8 Å². The smallest absolute Gasteiger partial charge is 0.325 e. The zero-order chi connectivity index (χ0) is 15.2. The molecule has 20 heavy (non-hydrogen) atoms. The van der Waals surface area contributed by atoms with Gasteiger partial charge in [-0.25, -0.2) is 0 Å². The summed E-state index contributed by atoms with van der Waals surface area (Å²) < 4.78 is 10.6. The molecule has 0 saturated carbocycles. The normalized spacial score (nSPS) is 13.7. The van der Waals surface area contributed by atoms with E-state index < -0.39 is 5.54 Å². The van der Waals surface area contributed by atoms with Crippen LogP contribution >= 0.6 is 0 Å². The van der Waals surface area contributed by atoms with Gasteiger partial charge in [-0.1, -0.05) is 6.07 Å². The Bertz CT molecular complexity index is 435. The van der Waals surface area contributed by atoms with E-state index >= 15 is 0 Å². The van der Waals surface area contributed by atoms with Crippen LogP contribution in [0.3, 0.4) is 0 Å². The van der Waals surface area contributed by atoms with Gasteiger partial charge in [-0.3, -0.25) is 4.79 Å². The average molecular weight is 279 g/mol. The first-order chi connectivity index (χ1) is 9.35. The van der Waals surface area contributed by atoms with Crippen LogP contribution in [-0.4, -0.2) is 24.7 Å². The molecule has 1 rings (SSSR count). The first-order valence-corrected chi connectivity index (χ1v) is 7.02. The maximum Gasteiger partial charge on any atom is 0.325 e. The maximum atomic E-state index is 11.6. The standard InChI is InChI=1S/C16H25NO3/c1-5-19-15(18)16(4,17)7-6-8-20-14-10-12(2)9-13(3)11-14/h9-11H,5-8,17H2,1-4H3. The fourth-order valence-electron chi connectivity index (χ4n) is 2.04. The number of aryl methyl sites for hydroxylation is 2. The predicted molar refractivity (Wildman–Crippen MR) is 79.9 cm³/mol. The molecule has 0 aliphatic heterocycles. The van der Waals surface area contributed by atoms with Crippen LogP contribution in [0.15, 0.2) is 18.2 Å². The van der Waals surface area contributed by atoms with Gasteiger partial charge in [0.15, 0.2) is 0 Å². The largest absolute Gasteiger partial charge is 0.494 e. The zero-order valence-corrected chi connectivity index (χ0v) is 12.9. The second-order valence-electron chi connectivity index (χ2n) is 5.41. The molecule has 112 valence electrons. The quantitative estimate of drug-likeness (QED) is 0.616. The van der Waals surface area contributed by atoms with E-state index in [-0.39, 0.29) is 5.97 Å². The number of esters is 1. The van der Waals surface area contributed by atoms with E-state index in [1.807, 2.05) is 26.0 Å². The Balaban J connectivity index is 2.39. The third-order valence-corrected chi connectivity index (χ3v) is 3.05. The molecule has 0 aliphatic carbocycles. The molecule has 0 saturated heterocycles.